The van der Waals surface area contributed by atoms with Gasteiger partial charge in [0.1, 0.15) is 5.84 Å². The summed E-state index contributed by atoms with van der Waals surface area (Å²) in [5.74, 6) is 1.36. The molecule has 0 aromatic heterocycles. The molecule has 9 heteroatoms. The van der Waals surface area contributed by atoms with Gasteiger partial charge < -0.3 is 4.90 Å². The minimum Gasteiger partial charge on any atom is -0.335 e. The Morgan fingerprint density at radius 1 is 1.15 bits per heavy atom. The number of fused-ring (bicyclic) bond motifs is 3. The van der Waals surface area contributed by atoms with Crippen LogP contribution in [-0.2, 0) is 11.0 Å². The van der Waals surface area contributed by atoms with Gasteiger partial charge in [-0.05, 0) is 60.6 Å². The van der Waals surface area contributed by atoms with Crippen molar-refractivity contribution in [3.63, 3.8) is 0 Å². The van der Waals surface area contributed by atoms with Crippen LogP contribution >= 0.6 is 11.6 Å². The molecule has 3 aliphatic heterocycles. The fourth-order valence-corrected chi connectivity index (χ4v) is 5.91. The molecule has 0 spiro atoms. The molecule has 0 radical (unpaired) electrons. The van der Waals surface area contributed by atoms with Crippen LogP contribution in [0.3, 0.4) is 0 Å². The van der Waals surface area contributed by atoms with Crippen LogP contribution < -0.4 is 0 Å². The van der Waals surface area contributed by atoms with E-state index in [0.717, 1.165) is 18.1 Å². The number of aliphatic imine (C=N–C) groups is 3. The van der Waals surface area contributed by atoms with Gasteiger partial charge in [0.15, 0.2) is 0 Å². The summed E-state index contributed by atoms with van der Waals surface area (Å²) >= 11 is 5.84. The molecule has 5 nitrogen and oxygen atoms in total. The molecule has 1 amide bonds. The Bertz CT molecular complexity index is 1080. The van der Waals surface area contributed by atoms with Crippen molar-refractivity contribution in [2.75, 3.05) is 19.0 Å². The topological polar surface area (TPSA) is 57.4 Å². The molecule has 1 saturated heterocycles. The van der Waals surface area contributed by atoms with Crippen molar-refractivity contribution in [2.45, 2.75) is 50.2 Å². The van der Waals surface area contributed by atoms with E-state index in [4.69, 9.17) is 11.6 Å². The number of alkyl halides is 4. The summed E-state index contributed by atoms with van der Waals surface area (Å²) in [6, 6.07) is 5.80. The second kappa shape index (κ2) is 9.29. The zero-order valence-corrected chi connectivity index (χ0v) is 19.4. The van der Waals surface area contributed by atoms with Gasteiger partial charge in [0, 0.05) is 31.6 Å². The predicted molar refractivity (Wildman–Crippen MR) is 127 cm³/mol. The number of carbonyl (C=O) groups is 1. The van der Waals surface area contributed by atoms with Gasteiger partial charge in [-0.3, -0.25) is 9.79 Å². The molecule has 5 rings (SSSR count). The van der Waals surface area contributed by atoms with Gasteiger partial charge in [-0.2, -0.15) is 13.2 Å². The maximum absolute atomic E-state index is 13.5. The number of amides is 1. The van der Waals surface area contributed by atoms with Crippen LogP contribution in [0, 0.1) is 11.8 Å². The van der Waals surface area contributed by atoms with Crippen molar-refractivity contribution in [1.29, 1.82) is 0 Å². The second-order valence-corrected chi connectivity index (χ2v) is 9.91. The number of hydrogen-bond acceptors (Lipinski definition) is 4. The van der Waals surface area contributed by atoms with Crippen LogP contribution in [0.25, 0.3) is 0 Å². The Balaban J connectivity index is 1.26. The maximum Gasteiger partial charge on any atom is 0.416 e. The summed E-state index contributed by atoms with van der Waals surface area (Å²) in [5, 5.41) is 0. The smallest absolute Gasteiger partial charge is 0.335 e. The molecule has 180 valence electrons. The van der Waals surface area contributed by atoms with Crippen LogP contribution in [0.2, 0.25) is 0 Å². The molecular formula is C25H26ClF3N4O. The van der Waals surface area contributed by atoms with E-state index in [1.807, 2.05) is 0 Å². The van der Waals surface area contributed by atoms with Gasteiger partial charge in [0.05, 0.1) is 11.6 Å². The predicted octanol–water partition coefficient (Wildman–Crippen LogP) is 5.26. The normalized spacial score (nSPS) is 30.1. The minimum absolute atomic E-state index is 0.0698. The third-order valence-corrected chi connectivity index (χ3v) is 7.50. The number of allylic oxidation sites excluding steroid dienone is 1. The Labute approximate surface area is 201 Å². The lowest BCUT2D eigenvalue weighted by Crippen LogP contribution is -2.37. The standard InChI is InChI=1S/C25H26ClF3N4O/c26-8-7-15-5-6-19-11-22(30-12-15)32-23(31-19)24(34)33-13-17-9-16(10-18(17)14-33)20-3-1-2-4-21(20)25(27,28)29/h1-5,12,16-19H,6-11,13-14H2/b15-5-,30-12?/t16?,17-,18+,19?. The van der Waals surface area contributed by atoms with Gasteiger partial charge in [-0.25, -0.2) is 9.98 Å². The molecule has 2 unspecified atom stereocenters. The highest BCUT2D eigenvalue weighted by atomic mass is 35.5. The Morgan fingerprint density at radius 2 is 1.88 bits per heavy atom. The number of likely N-dealkylation sites (tertiary alicyclic amines) is 1. The van der Waals surface area contributed by atoms with E-state index in [1.165, 1.54) is 6.07 Å². The quantitative estimate of drug-likeness (QED) is 0.531. The first-order chi connectivity index (χ1) is 16.3. The largest absolute Gasteiger partial charge is 0.416 e. The minimum atomic E-state index is -4.35. The van der Waals surface area contributed by atoms with Crippen molar-refractivity contribution < 1.29 is 18.0 Å². The summed E-state index contributed by atoms with van der Waals surface area (Å²) in [7, 11) is 0. The van der Waals surface area contributed by atoms with Crippen LogP contribution in [0.15, 0.2) is 50.9 Å². The van der Waals surface area contributed by atoms with Crippen molar-refractivity contribution in [1.82, 2.24) is 4.90 Å². The summed E-state index contributed by atoms with van der Waals surface area (Å²) in [6.07, 6.45) is 2.84. The monoisotopic (exact) mass is 490 g/mol. The number of hydrogen-bond donors (Lipinski definition) is 0. The van der Waals surface area contributed by atoms with E-state index < -0.39 is 11.7 Å². The summed E-state index contributed by atoms with van der Waals surface area (Å²) in [4.78, 5) is 28.5. The van der Waals surface area contributed by atoms with Crippen LogP contribution in [-0.4, -0.2) is 53.7 Å². The van der Waals surface area contributed by atoms with Gasteiger partial charge in [0.2, 0.25) is 5.84 Å². The van der Waals surface area contributed by atoms with E-state index >= 15 is 0 Å². The Morgan fingerprint density at radius 3 is 2.59 bits per heavy atom. The summed E-state index contributed by atoms with van der Waals surface area (Å²) < 4.78 is 40.4. The number of nitrogens with zero attached hydrogens (tertiary/aromatic N) is 4. The molecule has 1 aromatic rings. The zero-order valence-electron chi connectivity index (χ0n) is 18.6. The molecule has 3 heterocycles. The lowest BCUT2D eigenvalue weighted by atomic mass is 9.91. The van der Waals surface area contributed by atoms with Gasteiger partial charge in [-0.1, -0.05) is 24.3 Å². The number of rotatable bonds is 4. The highest BCUT2D eigenvalue weighted by molar-refractivity contribution is 6.40. The molecule has 1 aromatic carbocycles. The van der Waals surface area contributed by atoms with E-state index in [9.17, 15) is 18.0 Å². The highest BCUT2D eigenvalue weighted by Crippen LogP contribution is 2.48. The van der Waals surface area contributed by atoms with E-state index in [2.05, 4.69) is 21.1 Å². The molecule has 1 aliphatic carbocycles. The third kappa shape index (κ3) is 4.69. The van der Waals surface area contributed by atoms with Crippen molar-refractivity contribution in [3.05, 3.63) is 47.0 Å². The first-order valence-electron chi connectivity index (χ1n) is 11.7. The molecular weight excluding hydrogens is 465 g/mol. The molecule has 34 heavy (non-hydrogen) atoms. The van der Waals surface area contributed by atoms with Crippen LogP contribution in [0.1, 0.15) is 49.1 Å². The molecule has 4 atom stereocenters. The summed E-state index contributed by atoms with van der Waals surface area (Å²) in [5.41, 5.74) is 0.888. The van der Waals surface area contributed by atoms with Crippen molar-refractivity contribution in [2.24, 2.45) is 26.8 Å². The van der Waals surface area contributed by atoms with E-state index in [-0.39, 0.29) is 35.5 Å². The van der Waals surface area contributed by atoms with Crippen LogP contribution in [0.4, 0.5) is 13.2 Å². The lowest BCUT2D eigenvalue weighted by Gasteiger charge is -2.23. The lowest BCUT2D eigenvalue weighted by molar-refractivity contribution is -0.138. The number of benzene rings is 1. The second-order valence-electron chi connectivity index (χ2n) is 9.53. The van der Waals surface area contributed by atoms with Crippen molar-refractivity contribution in [3.8, 4) is 0 Å². The number of carbonyl (C=O) groups excluding carboxylic acids is 1. The first kappa shape index (κ1) is 23.3. The maximum atomic E-state index is 13.5. The molecule has 1 saturated carbocycles. The van der Waals surface area contributed by atoms with E-state index in [1.54, 1.807) is 23.2 Å². The zero-order chi connectivity index (χ0) is 23.9. The molecule has 4 aliphatic rings. The number of halogens is 4. The third-order valence-electron chi connectivity index (χ3n) is 7.31. The van der Waals surface area contributed by atoms with Crippen LogP contribution in [0.5, 0.6) is 0 Å². The fourth-order valence-electron chi connectivity index (χ4n) is 5.69. The Hall–Kier alpha value is -2.48. The number of amidine groups is 2. The highest BCUT2D eigenvalue weighted by Gasteiger charge is 2.45. The molecule has 2 fully saturated rings. The average molecular weight is 491 g/mol. The van der Waals surface area contributed by atoms with Gasteiger partial charge in [0.25, 0.3) is 5.91 Å². The van der Waals surface area contributed by atoms with Gasteiger partial charge in [-0.15, -0.1) is 11.6 Å². The fraction of sp³-hybridized carbons (Fsp3) is 0.520. The van der Waals surface area contributed by atoms with Gasteiger partial charge >= 0.3 is 6.18 Å². The Kier molecular flexibility index (Phi) is 6.35. The molecule has 0 N–H and O–H groups in total. The van der Waals surface area contributed by atoms with E-state index in [0.29, 0.717) is 56.1 Å². The molecule has 2 bridgehead atoms. The SMILES string of the molecule is O=C(C1=NC2C/C=C(/CCCl)C=NC(=N1)C2)N1C[C@H]2CC(c3ccccc3C(F)(F)F)C[C@H]2C1. The average Bonchev–Trinajstić information content (AvgIpc) is 3.38. The first-order valence-corrected chi connectivity index (χ1v) is 12.2. The summed E-state index contributed by atoms with van der Waals surface area (Å²) in [6.45, 7) is 1.07. The van der Waals surface area contributed by atoms with Crippen molar-refractivity contribution >= 4 is 35.4 Å².